The summed E-state index contributed by atoms with van der Waals surface area (Å²) in [6.45, 7) is 6.03. The van der Waals surface area contributed by atoms with E-state index in [4.69, 9.17) is 4.74 Å². The molecule has 1 rings (SSSR count). The molecule has 0 spiro atoms. The van der Waals surface area contributed by atoms with Crippen LogP contribution in [0.3, 0.4) is 0 Å². The van der Waals surface area contributed by atoms with Gasteiger partial charge in [0.05, 0.1) is 19.0 Å². The molecule has 1 saturated heterocycles. The summed E-state index contributed by atoms with van der Waals surface area (Å²) in [4.78, 5) is 11.3. The fourth-order valence-corrected chi connectivity index (χ4v) is 1.48. The minimum Gasteiger partial charge on any atom is -0.457 e. The number of halogens is 2. The molecule has 0 aromatic carbocycles. The molecular formula is C8H14Br2NO2+. The van der Waals surface area contributed by atoms with Gasteiger partial charge >= 0.3 is 5.97 Å². The summed E-state index contributed by atoms with van der Waals surface area (Å²) in [6.07, 6.45) is 0. The molecule has 0 saturated carbocycles. The summed E-state index contributed by atoms with van der Waals surface area (Å²) >= 11 is 6.23. The maximum Gasteiger partial charge on any atom is 0.331 e. The van der Waals surface area contributed by atoms with Crippen LogP contribution in [-0.4, -0.2) is 28.4 Å². The number of quaternary nitrogens is 1. The number of ether oxygens (including phenoxy) is 1. The average molecular weight is 316 g/mol. The van der Waals surface area contributed by atoms with E-state index in [1.165, 1.54) is 0 Å². The quantitative estimate of drug-likeness (QED) is 0.613. The lowest BCUT2D eigenvalue weighted by atomic mass is 9.86. The number of nitrogens with two attached hydrogens (primary N) is 1. The Morgan fingerprint density at radius 3 is 2.38 bits per heavy atom. The molecule has 0 unspecified atom stereocenters. The van der Waals surface area contributed by atoms with Gasteiger partial charge < -0.3 is 10.1 Å². The number of carbonyl (C=O) groups excluding carboxylic acids is 1. The van der Waals surface area contributed by atoms with Gasteiger partial charge in [0, 0.05) is 0 Å². The minimum absolute atomic E-state index is 0.253. The molecule has 0 bridgehead atoms. The standard InChI is InChI=1S/C8H13Br2NO2/c1-8(2,5-3-11-4-5)13-7(12)6(9)10/h5-6,11H,3-4H2,1-2H3/p+1. The van der Waals surface area contributed by atoms with Gasteiger partial charge in [-0.05, 0) is 13.8 Å². The zero-order valence-electron chi connectivity index (χ0n) is 7.72. The van der Waals surface area contributed by atoms with E-state index in [0.29, 0.717) is 5.92 Å². The first-order valence-electron chi connectivity index (χ1n) is 4.26. The van der Waals surface area contributed by atoms with Gasteiger partial charge in [-0.2, -0.15) is 0 Å². The zero-order chi connectivity index (χ0) is 10.1. The largest absolute Gasteiger partial charge is 0.457 e. The molecule has 1 heterocycles. The highest BCUT2D eigenvalue weighted by Gasteiger charge is 2.41. The van der Waals surface area contributed by atoms with E-state index in [9.17, 15) is 4.79 Å². The van der Waals surface area contributed by atoms with Crippen LogP contribution < -0.4 is 5.32 Å². The molecule has 0 atom stereocenters. The normalized spacial score (nSPS) is 18.5. The van der Waals surface area contributed by atoms with E-state index in [0.717, 1.165) is 13.1 Å². The van der Waals surface area contributed by atoms with Gasteiger partial charge in [-0.15, -0.1) is 0 Å². The van der Waals surface area contributed by atoms with E-state index in [1.807, 2.05) is 13.8 Å². The van der Waals surface area contributed by atoms with Crippen molar-refractivity contribution in [2.45, 2.75) is 23.2 Å². The topological polar surface area (TPSA) is 42.9 Å². The zero-order valence-corrected chi connectivity index (χ0v) is 10.9. The lowest BCUT2D eigenvalue weighted by Gasteiger charge is -2.37. The van der Waals surface area contributed by atoms with E-state index in [-0.39, 0.29) is 11.6 Å². The Labute approximate surface area is 94.8 Å². The smallest absolute Gasteiger partial charge is 0.331 e. The van der Waals surface area contributed by atoms with Crippen molar-refractivity contribution in [2.75, 3.05) is 13.1 Å². The predicted octanol–water partition coefficient (Wildman–Crippen LogP) is 0.617. The van der Waals surface area contributed by atoms with Gasteiger partial charge in [-0.1, -0.05) is 31.9 Å². The molecule has 0 aliphatic carbocycles. The third-order valence-corrected chi connectivity index (χ3v) is 3.17. The monoisotopic (exact) mass is 314 g/mol. The van der Waals surface area contributed by atoms with E-state index < -0.39 is 3.74 Å². The van der Waals surface area contributed by atoms with Crippen molar-refractivity contribution in [3.8, 4) is 0 Å². The number of alkyl halides is 2. The van der Waals surface area contributed by atoms with Crippen molar-refractivity contribution >= 4 is 37.8 Å². The summed E-state index contributed by atoms with van der Waals surface area (Å²) < 4.78 is 4.95. The van der Waals surface area contributed by atoms with Crippen LogP contribution in [-0.2, 0) is 9.53 Å². The third kappa shape index (κ3) is 2.92. The SMILES string of the molecule is CC(C)(OC(=O)C(Br)Br)C1C[NH2+]C1. The molecule has 1 fully saturated rings. The molecule has 1 aliphatic rings. The molecule has 0 aromatic rings. The van der Waals surface area contributed by atoms with Crippen LogP contribution in [0.25, 0.3) is 0 Å². The molecule has 2 N–H and O–H groups in total. The van der Waals surface area contributed by atoms with Crippen LogP contribution >= 0.6 is 31.9 Å². The Kier molecular flexibility index (Phi) is 3.77. The average Bonchev–Trinajstić information content (AvgIpc) is 1.79. The van der Waals surface area contributed by atoms with Crippen LogP contribution in [0.2, 0.25) is 0 Å². The van der Waals surface area contributed by atoms with Gasteiger partial charge in [0.2, 0.25) is 0 Å². The molecule has 13 heavy (non-hydrogen) atoms. The van der Waals surface area contributed by atoms with Gasteiger partial charge in [0.25, 0.3) is 0 Å². The van der Waals surface area contributed by atoms with Crippen molar-refractivity contribution in [2.24, 2.45) is 5.92 Å². The maximum atomic E-state index is 11.3. The first-order chi connectivity index (χ1) is 5.93. The second kappa shape index (κ2) is 4.28. The Hall–Kier alpha value is 0.390. The molecule has 1 aliphatic heterocycles. The van der Waals surface area contributed by atoms with Crippen molar-refractivity contribution in [1.82, 2.24) is 0 Å². The highest BCUT2D eigenvalue weighted by molar-refractivity contribution is 9.25. The second-order valence-corrected chi connectivity index (χ2v) is 6.84. The van der Waals surface area contributed by atoms with Gasteiger partial charge in [0.15, 0.2) is 3.74 Å². The van der Waals surface area contributed by atoms with E-state index >= 15 is 0 Å². The van der Waals surface area contributed by atoms with Crippen LogP contribution in [0, 0.1) is 5.92 Å². The molecule has 76 valence electrons. The van der Waals surface area contributed by atoms with Crippen LogP contribution in [0.4, 0.5) is 0 Å². The number of esters is 1. The summed E-state index contributed by atoms with van der Waals surface area (Å²) in [7, 11) is 0. The molecule has 0 amide bonds. The Morgan fingerprint density at radius 2 is 2.08 bits per heavy atom. The third-order valence-electron chi connectivity index (χ3n) is 2.43. The van der Waals surface area contributed by atoms with Crippen molar-refractivity contribution in [1.29, 1.82) is 0 Å². The molecule has 3 nitrogen and oxygen atoms in total. The minimum atomic E-state index is -0.400. The summed E-state index contributed by atoms with van der Waals surface area (Å²) in [5.41, 5.74) is -0.342. The van der Waals surface area contributed by atoms with E-state index in [1.54, 1.807) is 0 Å². The molecule has 5 heteroatoms. The fourth-order valence-electron chi connectivity index (χ4n) is 1.29. The Bertz CT molecular complexity index is 202. The molecule has 0 radical (unpaired) electrons. The fraction of sp³-hybridized carbons (Fsp3) is 0.875. The predicted molar refractivity (Wildman–Crippen MR) is 57.0 cm³/mol. The van der Waals surface area contributed by atoms with Gasteiger partial charge in [-0.3, -0.25) is 0 Å². The van der Waals surface area contributed by atoms with E-state index in [2.05, 4.69) is 37.2 Å². The molecule has 0 aromatic heterocycles. The summed E-state index contributed by atoms with van der Waals surface area (Å²) in [5.74, 6) is 0.229. The lowest BCUT2D eigenvalue weighted by Crippen LogP contribution is -2.98. The highest BCUT2D eigenvalue weighted by atomic mass is 79.9. The number of hydrogen-bond donors (Lipinski definition) is 1. The Balaban J connectivity index is 2.45. The number of carbonyl (C=O) groups is 1. The highest BCUT2D eigenvalue weighted by Crippen LogP contribution is 2.24. The van der Waals surface area contributed by atoms with Crippen molar-refractivity contribution in [3.05, 3.63) is 0 Å². The second-order valence-electron chi connectivity index (χ2n) is 3.78. The van der Waals surface area contributed by atoms with Crippen molar-refractivity contribution < 1.29 is 14.8 Å². The number of rotatable bonds is 3. The van der Waals surface area contributed by atoms with Crippen LogP contribution in [0.1, 0.15) is 13.8 Å². The first kappa shape index (κ1) is 11.5. The summed E-state index contributed by atoms with van der Waals surface area (Å²) in [6, 6.07) is 0. The van der Waals surface area contributed by atoms with Crippen LogP contribution in [0.5, 0.6) is 0 Å². The Morgan fingerprint density at radius 1 is 1.54 bits per heavy atom. The van der Waals surface area contributed by atoms with Gasteiger partial charge in [0.1, 0.15) is 5.60 Å². The lowest BCUT2D eigenvalue weighted by molar-refractivity contribution is -0.728. The first-order valence-corrected chi connectivity index (χ1v) is 6.09. The maximum absolute atomic E-state index is 11.3. The number of hydrogen-bond acceptors (Lipinski definition) is 2. The van der Waals surface area contributed by atoms with Gasteiger partial charge in [-0.25, -0.2) is 4.79 Å². The van der Waals surface area contributed by atoms with Crippen LogP contribution in [0.15, 0.2) is 0 Å². The van der Waals surface area contributed by atoms with Crippen molar-refractivity contribution in [3.63, 3.8) is 0 Å². The molecular weight excluding hydrogens is 302 g/mol. The summed E-state index contributed by atoms with van der Waals surface area (Å²) in [5, 5.41) is 2.21.